The van der Waals surface area contributed by atoms with E-state index in [1.54, 1.807) is 6.07 Å². The van der Waals surface area contributed by atoms with Crippen LogP contribution in [0.5, 0.6) is 17.6 Å². The zero-order valence-electron chi connectivity index (χ0n) is 17.6. The highest BCUT2D eigenvalue weighted by molar-refractivity contribution is 5.36. The van der Waals surface area contributed by atoms with Crippen LogP contribution in [0.15, 0.2) is 52.2 Å². The predicted octanol–water partition coefficient (Wildman–Crippen LogP) is 1.26. The quantitative estimate of drug-likeness (QED) is 0.360. The average Bonchev–Trinajstić information content (AvgIpc) is 2.81. The number of rotatable bonds is 5. The van der Waals surface area contributed by atoms with E-state index in [1.165, 1.54) is 45.6 Å². The van der Waals surface area contributed by atoms with Gasteiger partial charge in [0.05, 0.1) is 36.9 Å². The highest BCUT2D eigenvalue weighted by Gasteiger charge is 2.11. The summed E-state index contributed by atoms with van der Waals surface area (Å²) in [5, 5.41) is 20.3. The van der Waals surface area contributed by atoms with Gasteiger partial charge in [-0.05, 0) is 6.07 Å². The van der Waals surface area contributed by atoms with Gasteiger partial charge in [0.2, 0.25) is 5.88 Å². The molecular weight excluding hydrogens is 444 g/mol. The first-order valence-electron chi connectivity index (χ1n) is 8.71. The van der Waals surface area contributed by atoms with Gasteiger partial charge in [0.25, 0.3) is 11.2 Å². The van der Waals surface area contributed by atoms with Crippen molar-refractivity contribution in [3.63, 3.8) is 0 Å². The Morgan fingerprint density at radius 3 is 1.79 bits per heavy atom. The number of pyridine rings is 3. The number of aromatic amines is 2. The summed E-state index contributed by atoms with van der Waals surface area (Å²) >= 11 is 0. The molecule has 176 valence electrons. The number of ether oxygens (including phenoxy) is 3. The number of H-pyrrole nitrogens is 2. The van der Waals surface area contributed by atoms with Gasteiger partial charge in [-0.25, -0.2) is 4.98 Å². The first-order chi connectivity index (χ1) is 15.6. The first-order valence-corrected chi connectivity index (χ1v) is 8.71. The molecule has 0 aliphatic heterocycles. The highest BCUT2D eigenvalue weighted by atomic mass is 16.6. The minimum absolute atomic E-state index is 0.0363. The second-order valence-corrected chi connectivity index (χ2v) is 5.63. The van der Waals surface area contributed by atoms with Crippen molar-refractivity contribution < 1.29 is 24.1 Å². The fourth-order valence-electron chi connectivity index (χ4n) is 1.90. The molecule has 0 aromatic carbocycles. The second kappa shape index (κ2) is 12.7. The van der Waals surface area contributed by atoms with E-state index in [1.807, 2.05) is 0 Å². The number of nitrogens with one attached hydrogen (secondary N) is 2. The number of nitrogens with two attached hydrogens (primary N) is 1. The monoisotopic (exact) mass is 464 g/mol. The van der Waals surface area contributed by atoms with Gasteiger partial charge >= 0.3 is 11.2 Å². The zero-order valence-corrected chi connectivity index (χ0v) is 17.6. The van der Waals surface area contributed by atoms with Gasteiger partial charge in [0, 0.05) is 30.3 Å². The molecule has 3 aromatic rings. The Morgan fingerprint density at radius 1 is 0.818 bits per heavy atom. The van der Waals surface area contributed by atoms with Gasteiger partial charge in [-0.2, -0.15) is 0 Å². The van der Waals surface area contributed by atoms with Crippen molar-refractivity contribution in [2.45, 2.75) is 0 Å². The van der Waals surface area contributed by atoms with Crippen LogP contribution in [0.2, 0.25) is 0 Å². The van der Waals surface area contributed by atoms with E-state index in [4.69, 9.17) is 15.2 Å². The molecule has 0 unspecified atom stereocenters. The summed E-state index contributed by atoms with van der Waals surface area (Å²) < 4.78 is 14.1. The lowest BCUT2D eigenvalue weighted by Gasteiger charge is -1.97. The molecule has 0 aliphatic rings. The molecule has 0 radical (unpaired) electrons. The van der Waals surface area contributed by atoms with Crippen molar-refractivity contribution in [3.05, 3.63) is 83.5 Å². The van der Waals surface area contributed by atoms with Crippen LogP contribution in [0.4, 0.5) is 17.1 Å². The SMILES string of the molecule is COc1ccc(N)c(=O)[nH]1.COc1ccc([N+](=O)[O-])c(=O)[nH]1.COc1ccc([N+](=O)[O-])cn1. The van der Waals surface area contributed by atoms with E-state index in [2.05, 4.69) is 19.7 Å². The summed E-state index contributed by atoms with van der Waals surface area (Å²) in [5.41, 5.74) is 3.83. The molecule has 0 saturated heterocycles. The van der Waals surface area contributed by atoms with Crippen LogP contribution >= 0.6 is 0 Å². The maximum absolute atomic E-state index is 10.9. The minimum atomic E-state index is -0.764. The van der Waals surface area contributed by atoms with Crippen molar-refractivity contribution in [2.24, 2.45) is 0 Å². The molecule has 0 amide bonds. The van der Waals surface area contributed by atoms with Crippen LogP contribution in [-0.2, 0) is 0 Å². The number of anilines is 1. The summed E-state index contributed by atoms with van der Waals surface area (Å²) in [6.07, 6.45) is 1.15. The third-order valence-electron chi connectivity index (χ3n) is 3.55. The third-order valence-corrected chi connectivity index (χ3v) is 3.55. The van der Waals surface area contributed by atoms with Gasteiger partial charge in [-0.15, -0.1) is 0 Å². The molecule has 3 rings (SSSR count). The maximum atomic E-state index is 10.9. The summed E-state index contributed by atoms with van der Waals surface area (Å²) in [7, 11) is 4.28. The summed E-state index contributed by atoms with van der Waals surface area (Å²) in [6, 6.07) is 8.29. The second-order valence-electron chi connectivity index (χ2n) is 5.63. The van der Waals surface area contributed by atoms with Crippen LogP contribution < -0.4 is 31.1 Å². The van der Waals surface area contributed by atoms with Crippen LogP contribution in [0.3, 0.4) is 0 Å². The van der Waals surface area contributed by atoms with Crippen LogP contribution in [0, 0.1) is 20.2 Å². The fraction of sp³-hybridized carbons (Fsp3) is 0.167. The van der Waals surface area contributed by atoms with E-state index < -0.39 is 21.1 Å². The molecule has 3 aromatic heterocycles. The molecule has 0 atom stereocenters. The molecule has 0 aliphatic carbocycles. The number of hydrogen-bond acceptors (Lipinski definition) is 11. The third kappa shape index (κ3) is 8.36. The van der Waals surface area contributed by atoms with E-state index in [-0.39, 0.29) is 22.8 Å². The normalized spacial score (nSPS) is 9.30. The van der Waals surface area contributed by atoms with Crippen molar-refractivity contribution in [3.8, 4) is 17.6 Å². The lowest BCUT2D eigenvalue weighted by Crippen LogP contribution is -2.11. The lowest BCUT2D eigenvalue weighted by molar-refractivity contribution is -0.386. The highest BCUT2D eigenvalue weighted by Crippen LogP contribution is 2.12. The zero-order chi connectivity index (χ0) is 25.0. The predicted molar refractivity (Wildman–Crippen MR) is 116 cm³/mol. The molecule has 0 saturated carbocycles. The summed E-state index contributed by atoms with van der Waals surface area (Å²) in [6.45, 7) is 0. The van der Waals surface area contributed by atoms with Crippen molar-refractivity contribution in [1.29, 1.82) is 0 Å². The number of hydrogen-bond donors (Lipinski definition) is 3. The number of nitro groups is 2. The van der Waals surface area contributed by atoms with Crippen molar-refractivity contribution >= 4 is 17.1 Å². The first kappa shape index (κ1) is 26.1. The number of nitrogens with zero attached hydrogens (tertiary/aromatic N) is 3. The Hall–Kier alpha value is -4.95. The van der Waals surface area contributed by atoms with E-state index in [0.29, 0.717) is 11.8 Å². The summed E-state index contributed by atoms with van der Waals surface area (Å²) in [5.74, 6) is 0.986. The van der Waals surface area contributed by atoms with Gasteiger partial charge in [-0.1, -0.05) is 0 Å². The van der Waals surface area contributed by atoms with Crippen molar-refractivity contribution in [1.82, 2.24) is 15.0 Å². The fourth-order valence-corrected chi connectivity index (χ4v) is 1.90. The Labute approximate surface area is 185 Å². The van der Waals surface area contributed by atoms with Crippen molar-refractivity contribution in [2.75, 3.05) is 27.1 Å². The van der Waals surface area contributed by atoms with Crippen LogP contribution in [0.25, 0.3) is 0 Å². The molecule has 0 spiro atoms. The Balaban J connectivity index is 0.000000249. The molecule has 0 fully saturated rings. The largest absolute Gasteiger partial charge is 0.482 e. The van der Waals surface area contributed by atoms with Gasteiger partial charge < -0.3 is 19.9 Å². The van der Waals surface area contributed by atoms with Gasteiger partial charge in [0.1, 0.15) is 6.20 Å². The van der Waals surface area contributed by atoms with E-state index in [0.717, 1.165) is 12.3 Å². The molecule has 4 N–H and O–H groups in total. The van der Waals surface area contributed by atoms with Gasteiger partial charge in [-0.3, -0.25) is 39.8 Å². The van der Waals surface area contributed by atoms with Crippen LogP contribution in [-0.4, -0.2) is 46.1 Å². The molecule has 15 heteroatoms. The van der Waals surface area contributed by atoms with E-state index in [9.17, 15) is 29.8 Å². The molecule has 33 heavy (non-hydrogen) atoms. The standard InChI is InChI=1S/C6H6N2O4.C6H6N2O3.C6H8N2O2/c1-12-5-3-2-4(8(10)11)6(9)7-5;1-11-6-3-2-5(4-7-6)8(9)10;1-10-5-3-2-4(7)6(9)8-5/h2-3H,1H3,(H,7,9);2-4H,1H3;2-3H,7H2,1H3,(H,8,9). The number of aromatic nitrogens is 3. The Morgan fingerprint density at radius 2 is 1.39 bits per heavy atom. The molecule has 3 heterocycles. The smallest absolute Gasteiger partial charge is 0.334 e. The molecular formula is C18H20N6O9. The minimum Gasteiger partial charge on any atom is -0.482 e. The molecule has 0 bridgehead atoms. The maximum Gasteiger partial charge on any atom is 0.334 e. The van der Waals surface area contributed by atoms with Gasteiger partial charge in [0.15, 0.2) is 11.8 Å². The Bertz CT molecular complexity index is 1190. The van der Waals surface area contributed by atoms with Crippen LogP contribution in [0.1, 0.15) is 0 Å². The van der Waals surface area contributed by atoms with E-state index >= 15 is 0 Å². The Kier molecular flexibility index (Phi) is 10.0. The topological polar surface area (TPSA) is 219 Å². The average molecular weight is 464 g/mol. The summed E-state index contributed by atoms with van der Waals surface area (Å²) in [4.78, 5) is 48.9. The lowest BCUT2D eigenvalue weighted by atomic mass is 10.4. The number of nitrogen functional groups attached to an aromatic ring is 1. The number of methoxy groups -OCH3 is 3. The molecule has 15 nitrogen and oxygen atoms in total.